The average molecular weight is 1150 g/mol. The van der Waals surface area contributed by atoms with Crippen molar-refractivity contribution in [2.45, 2.75) is 19.8 Å². The van der Waals surface area contributed by atoms with Crippen molar-refractivity contribution < 1.29 is 0 Å². The van der Waals surface area contributed by atoms with E-state index in [0.717, 1.165) is 134 Å². The molecule has 17 rings (SSSR count). The molecular formula is C83H55BN6. The highest BCUT2D eigenvalue weighted by Crippen LogP contribution is 2.54. The van der Waals surface area contributed by atoms with Crippen molar-refractivity contribution in [1.82, 2.24) is 9.13 Å². The molecule has 0 saturated carbocycles. The molecule has 0 fully saturated rings. The third-order valence-electron chi connectivity index (χ3n) is 18.7. The van der Waals surface area contributed by atoms with Crippen LogP contribution >= 0.6 is 0 Å². The number of rotatable bonds is 9. The molecule has 0 spiro atoms. The smallest absolute Gasteiger partial charge is 0.252 e. The molecule has 2 aliphatic rings. The van der Waals surface area contributed by atoms with Crippen molar-refractivity contribution >= 4 is 107 Å². The molecule has 0 aliphatic carbocycles. The molecule has 7 heteroatoms. The summed E-state index contributed by atoms with van der Waals surface area (Å²) in [6.45, 7) is 12.5. The number of nitrogens with zero attached hydrogens (tertiary/aromatic N) is 6. The summed E-state index contributed by atoms with van der Waals surface area (Å²) in [6, 6.07) is 108. The molecule has 0 N–H and O–H groups in total. The minimum absolute atomic E-state index is 0.124. The zero-order valence-corrected chi connectivity index (χ0v) is 49.6. The molecule has 15 aromatic rings. The first kappa shape index (κ1) is 52.4. The van der Waals surface area contributed by atoms with Gasteiger partial charge >= 0.3 is 0 Å². The molecule has 0 amide bonds. The van der Waals surface area contributed by atoms with Gasteiger partial charge in [-0.1, -0.05) is 226 Å². The Labute approximate surface area is 523 Å². The van der Waals surface area contributed by atoms with Crippen molar-refractivity contribution in [3.8, 4) is 62.0 Å². The summed E-state index contributed by atoms with van der Waals surface area (Å²) in [6.07, 6.45) is 0. The number of aromatic nitrogens is 2. The van der Waals surface area contributed by atoms with Gasteiger partial charge in [0.25, 0.3) is 6.71 Å². The first-order valence-corrected chi connectivity index (χ1v) is 30.8. The quantitative estimate of drug-likeness (QED) is 0.107. The third-order valence-corrected chi connectivity index (χ3v) is 18.7. The highest BCUT2D eigenvalue weighted by atomic mass is 15.2. The van der Waals surface area contributed by atoms with Gasteiger partial charge in [0.2, 0.25) is 0 Å². The van der Waals surface area contributed by atoms with Crippen molar-refractivity contribution in [1.29, 1.82) is 5.26 Å². The number of anilines is 6. The molecule has 6 nitrogen and oxygen atoms in total. The number of nitriles is 1. The molecule has 420 valence electrons. The van der Waals surface area contributed by atoms with Crippen LogP contribution in [0.4, 0.5) is 39.8 Å². The molecule has 0 radical (unpaired) electrons. The van der Waals surface area contributed by atoms with Gasteiger partial charge in [0, 0.05) is 72.5 Å². The van der Waals surface area contributed by atoms with Gasteiger partial charge in [-0.25, -0.2) is 4.85 Å². The normalized spacial score (nSPS) is 12.3. The van der Waals surface area contributed by atoms with Gasteiger partial charge in [-0.15, -0.1) is 0 Å². The van der Waals surface area contributed by atoms with E-state index in [2.05, 4.69) is 311 Å². The van der Waals surface area contributed by atoms with Crippen LogP contribution in [0, 0.1) is 17.9 Å². The predicted molar refractivity (Wildman–Crippen MR) is 376 cm³/mol. The summed E-state index contributed by atoms with van der Waals surface area (Å²) in [4.78, 5) is 9.16. The van der Waals surface area contributed by atoms with E-state index >= 15 is 0 Å². The second-order valence-electron chi connectivity index (χ2n) is 23.9. The summed E-state index contributed by atoms with van der Waals surface area (Å²) in [7, 11) is 0. The van der Waals surface area contributed by atoms with Crippen LogP contribution < -0.4 is 26.2 Å². The van der Waals surface area contributed by atoms with E-state index in [1.165, 1.54) is 22.0 Å². The lowest BCUT2D eigenvalue weighted by Crippen LogP contribution is -2.61. The molecule has 0 bridgehead atoms. The number of hydrogen-bond donors (Lipinski definition) is 0. The van der Waals surface area contributed by atoms with Crippen LogP contribution in [-0.4, -0.2) is 15.8 Å². The van der Waals surface area contributed by atoms with Crippen molar-refractivity contribution in [2.24, 2.45) is 0 Å². The molecule has 90 heavy (non-hydrogen) atoms. The summed E-state index contributed by atoms with van der Waals surface area (Å²) < 4.78 is 4.78. The predicted octanol–water partition coefficient (Wildman–Crippen LogP) is 20.2. The first-order chi connectivity index (χ1) is 44.4. The van der Waals surface area contributed by atoms with Crippen LogP contribution in [0.2, 0.25) is 0 Å². The molecule has 4 heterocycles. The maximum atomic E-state index is 10.3. The molecule has 0 unspecified atom stereocenters. The van der Waals surface area contributed by atoms with Crippen molar-refractivity contribution in [2.75, 3.05) is 9.80 Å². The van der Waals surface area contributed by atoms with Gasteiger partial charge in [0.15, 0.2) is 5.69 Å². The standard InChI is InChI=1S/C83H55BN6/c1-53(2)59-47-79-81-80(48-59)90(83-65(57-26-12-6-13-27-57)34-21-35-66(83)58-28-14-7-15-29-58)78-51-62(88-74-37-19-17-31-68(74)70-49-60(86-3)39-45-76(70)88)41-43-72(78)84(81)71-42-40-61(87-73-36-18-16-30-67(73)69-46-54(52-85)38-44-75(69)87)50-77(71)89(79)82-63(55-22-8-4-9-23-55)32-20-33-64(82)56-24-10-5-11-25-56/h4-51,53H,1-2H3. The Balaban J connectivity index is 1.04. The monoisotopic (exact) mass is 1150 g/mol. The van der Waals surface area contributed by atoms with E-state index in [4.69, 9.17) is 6.57 Å². The molecular weight excluding hydrogens is 1090 g/mol. The number of hydrogen-bond acceptors (Lipinski definition) is 3. The second kappa shape index (κ2) is 20.9. The second-order valence-corrected chi connectivity index (χ2v) is 23.9. The maximum Gasteiger partial charge on any atom is 0.252 e. The molecule has 2 aromatic heterocycles. The average Bonchev–Trinajstić information content (AvgIpc) is 0.773. The molecule has 0 saturated heterocycles. The minimum Gasteiger partial charge on any atom is -0.310 e. The highest BCUT2D eigenvalue weighted by molar-refractivity contribution is 7.00. The van der Waals surface area contributed by atoms with Crippen molar-refractivity contribution in [3.63, 3.8) is 0 Å². The lowest BCUT2D eigenvalue weighted by molar-refractivity contribution is 0.866. The minimum atomic E-state index is -0.249. The summed E-state index contributed by atoms with van der Waals surface area (Å²) >= 11 is 0. The summed E-state index contributed by atoms with van der Waals surface area (Å²) in [5, 5.41) is 14.5. The van der Waals surface area contributed by atoms with E-state index in [1.54, 1.807) is 0 Å². The number of benzene rings is 13. The third kappa shape index (κ3) is 8.11. The Bertz CT molecular complexity index is 5050. The zero-order chi connectivity index (χ0) is 60.1. The Kier molecular flexibility index (Phi) is 12.2. The number of para-hydroxylation sites is 4. The van der Waals surface area contributed by atoms with E-state index in [9.17, 15) is 5.26 Å². The van der Waals surface area contributed by atoms with Crippen LogP contribution in [0.5, 0.6) is 0 Å². The Morgan fingerprint density at radius 3 is 1.20 bits per heavy atom. The fourth-order valence-electron chi connectivity index (χ4n) is 14.7. The fourth-order valence-corrected chi connectivity index (χ4v) is 14.7. The largest absolute Gasteiger partial charge is 0.310 e. The number of fused-ring (bicyclic) bond motifs is 10. The van der Waals surface area contributed by atoms with Crippen LogP contribution in [0.15, 0.2) is 291 Å². The lowest BCUT2D eigenvalue weighted by Gasteiger charge is -2.46. The van der Waals surface area contributed by atoms with Crippen LogP contribution in [0.1, 0.15) is 30.9 Å². The van der Waals surface area contributed by atoms with Gasteiger partial charge in [-0.3, -0.25) is 0 Å². The Hall–Kier alpha value is -11.9. The van der Waals surface area contributed by atoms with E-state index < -0.39 is 0 Å². The molecule has 13 aromatic carbocycles. The van der Waals surface area contributed by atoms with Gasteiger partial charge < -0.3 is 18.9 Å². The fraction of sp³-hybridized carbons (Fsp3) is 0.0361. The lowest BCUT2D eigenvalue weighted by atomic mass is 9.33. The van der Waals surface area contributed by atoms with Gasteiger partial charge in [-0.2, -0.15) is 5.26 Å². The molecule has 0 atom stereocenters. The highest BCUT2D eigenvalue weighted by Gasteiger charge is 2.46. The molecule has 2 aliphatic heterocycles. The van der Waals surface area contributed by atoms with Gasteiger partial charge in [-0.05, 0) is 134 Å². The summed E-state index contributed by atoms with van der Waals surface area (Å²) in [5.41, 5.74) is 27.8. The van der Waals surface area contributed by atoms with Crippen LogP contribution in [0.25, 0.3) is 104 Å². The first-order valence-electron chi connectivity index (χ1n) is 30.8. The van der Waals surface area contributed by atoms with E-state index in [1.807, 2.05) is 24.3 Å². The van der Waals surface area contributed by atoms with Crippen molar-refractivity contribution in [3.05, 3.63) is 314 Å². The SMILES string of the molecule is [C-]#[N+]c1ccc2c(c1)c1ccccc1n2-c1ccc2c(c1)N(c1c(-c3ccccc3)cccc1-c1ccccc1)c1cc(C(C)C)cc3c1B2c1ccc(-n2c4ccccc4c4cc(C#N)ccc42)cc1N3c1c(-c2ccccc2)cccc1-c1ccccc1. The topological polar surface area (TPSA) is 44.5 Å². The maximum absolute atomic E-state index is 10.3. The zero-order valence-electron chi connectivity index (χ0n) is 49.6. The Morgan fingerprint density at radius 2 is 0.778 bits per heavy atom. The van der Waals surface area contributed by atoms with Gasteiger partial charge in [0.1, 0.15) is 0 Å². The van der Waals surface area contributed by atoms with Gasteiger partial charge in [0.05, 0.1) is 51.6 Å². The van der Waals surface area contributed by atoms with E-state index in [-0.39, 0.29) is 12.6 Å². The van der Waals surface area contributed by atoms with Crippen LogP contribution in [-0.2, 0) is 0 Å². The Morgan fingerprint density at radius 1 is 0.378 bits per heavy atom. The van der Waals surface area contributed by atoms with E-state index in [0.29, 0.717) is 11.3 Å². The summed E-state index contributed by atoms with van der Waals surface area (Å²) in [5.74, 6) is 0.124. The van der Waals surface area contributed by atoms with Crippen LogP contribution in [0.3, 0.4) is 0 Å².